The number of amides is 2. The van der Waals surface area contributed by atoms with E-state index in [1.54, 1.807) is 0 Å². The van der Waals surface area contributed by atoms with Crippen molar-refractivity contribution in [3.8, 4) is 5.75 Å². The molecule has 1 aliphatic rings. The predicted octanol–water partition coefficient (Wildman–Crippen LogP) is 7.53. The van der Waals surface area contributed by atoms with E-state index in [0.717, 1.165) is 68.4 Å². The van der Waals surface area contributed by atoms with Gasteiger partial charge in [0, 0.05) is 24.4 Å². The molecule has 2 aromatic carbocycles. The standard InChI is InChI=1S/C34H49N5O2/c1-2-3-9-21-31(35)22-10-7-5-4-6-8-15-24-39-25-16-20-28-17-11-12-19-30(28)27-41-32-23-14-13-18-29(32)26-37-33(36)38-34(39)40/h2-3,11-14,17-19,23,35H,4-10,15-16,20-22,24-27H2,1H3,(H3,36,37,38,40)/b3-2+,35-31?. The Hall–Kier alpha value is -3.61. The first-order valence-corrected chi connectivity index (χ1v) is 15.4. The van der Waals surface area contributed by atoms with Crippen LogP contribution in [-0.4, -0.2) is 35.7 Å². The highest BCUT2D eigenvalue weighted by Gasteiger charge is 2.15. The number of carbonyl (C=O) groups is 1. The van der Waals surface area contributed by atoms with E-state index >= 15 is 0 Å². The van der Waals surface area contributed by atoms with Crippen molar-refractivity contribution in [2.45, 2.75) is 97.1 Å². The van der Waals surface area contributed by atoms with Gasteiger partial charge in [-0.2, -0.15) is 0 Å². The normalized spacial score (nSPS) is 14.7. The van der Waals surface area contributed by atoms with Crippen molar-refractivity contribution in [2.24, 2.45) is 10.7 Å². The zero-order chi connectivity index (χ0) is 29.1. The number of hydrogen-bond acceptors (Lipinski definition) is 5. The van der Waals surface area contributed by atoms with Crippen LogP contribution in [0.3, 0.4) is 0 Å². The molecule has 3 rings (SSSR count). The van der Waals surface area contributed by atoms with Gasteiger partial charge >= 0.3 is 6.03 Å². The smallest absolute Gasteiger partial charge is 0.324 e. The van der Waals surface area contributed by atoms with E-state index < -0.39 is 0 Å². The highest BCUT2D eigenvalue weighted by atomic mass is 16.5. The lowest BCUT2D eigenvalue weighted by atomic mass is 10.0. The molecule has 2 aromatic rings. The Morgan fingerprint density at radius 3 is 2.44 bits per heavy atom. The van der Waals surface area contributed by atoms with E-state index in [1.165, 1.54) is 36.8 Å². The molecule has 4 N–H and O–H groups in total. The fraction of sp³-hybridized carbons (Fsp3) is 0.500. The van der Waals surface area contributed by atoms with Crippen molar-refractivity contribution in [3.05, 3.63) is 77.4 Å². The second-order valence-electron chi connectivity index (χ2n) is 10.8. The molecule has 2 amide bonds. The minimum absolute atomic E-state index is 0.128. The summed E-state index contributed by atoms with van der Waals surface area (Å²) >= 11 is 0. The van der Waals surface area contributed by atoms with Crippen LogP contribution in [0, 0.1) is 5.41 Å². The van der Waals surface area contributed by atoms with Crippen molar-refractivity contribution in [1.82, 2.24) is 10.2 Å². The van der Waals surface area contributed by atoms with Crippen molar-refractivity contribution in [3.63, 3.8) is 0 Å². The number of hydrogen-bond donors (Lipinski definition) is 3. The third kappa shape index (κ3) is 12.2. The van der Waals surface area contributed by atoms with Crippen LogP contribution in [0.25, 0.3) is 0 Å². The topological polar surface area (TPSA) is 104 Å². The Bertz CT molecular complexity index is 1140. The molecule has 222 valence electrons. The number of ether oxygens (including phenoxy) is 1. The fourth-order valence-corrected chi connectivity index (χ4v) is 5.12. The molecule has 0 fully saturated rings. The second kappa shape index (κ2) is 18.7. The molecule has 0 radical (unpaired) electrons. The maximum Gasteiger partial charge on any atom is 0.324 e. The molecular weight excluding hydrogens is 510 g/mol. The largest absolute Gasteiger partial charge is 0.489 e. The van der Waals surface area contributed by atoms with Gasteiger partial charge in [-0.1, -0.05) is 86.7 Å². The molecule has 0 saturated carbocycles. The maximum atomic E-state index is 13.1. The van der Waals surface area contributed by atoms with Crippen LogP contribution in [0.15, 0.2) is 65.7 Å². The molecule has 1 aliphatic heterocycles. The predicted molar refractivity (Wildman–Crippen MR) is 170 cm³/mol. The fourth-order valence-electron chi connectivity index (χ4n) is 5.12. The van der Waals surface area contributed by atoms with Gasteiger partial charge in [-0.05, 0) is 69.1 Å². The molecule has 7 nitrogen and oxygen atoms in total. The summed E-state index contributed by atoms with van der Waals surface area (Å²) in [6, 6.07) is 16.0. The third-order valence-corrected chi connectivity index (χ3v) is 7.55. The van der Waals surface area contributed by atoms with E-state index in [-0.39, 0.29) is 12.0 Å². The summed E-state index contributed by atoms with van der Waals surface area (Å²) in [4.78, 5) is 19.4. The Balaban J connectivity index is 1.48. The maximum absolute atomic E-state index is 13.1. The lowest BCUT2D eigenvalue weighted by Crippen LogP contribution is -2.46. The highest BCUT2D eigenvalue weighted by Crippen LogP contribution is 2.22. The molecular formula is C34H49N5O2. The van der Waals surface area contributed by atoms with Gasteiger partial charge in [0.05, 0.1) is 6.54 Å². The van der Waals surface area contributed by atoms with Gasteiger partial charge in [0.15, 0.2) is 5.96 Å². The molecule has 0 bridgehead atoms. The lowest BCUT2D eigenvalue weighted by molar-refractivity contribution is 0.200. The van der Waals surface area contributed by atoms with E-state index in [1.807, 2.05) is 42.2 Å². The summed E-state index contributed by atoms with van der Waals surface area (Å²) in [5.74, 6) is 0.907. The number of rotatable bonds is 13. The summed E-state index contributed by atoms with van der Waals surface area (Å²) in [5.41, 5.74) is 10.3. The summed E-state index contributed by atoms with van der Waals surface area (Å²) in [5, 5.41) is 10.8. The van der Waals surface area contributed by atoms with Crippen LogP contribution in [0.4, 0.5) is 4.79 Å². The number of nitrogens with one attached hydrogen (secondary N) is 2. The Labute approximate surface area is 246 Å². The number of aryl methyl sites for hydroxylation is 1. The number of unbranched alkanes of at least 4 members (excludes halogenated alkanes) is 6. The second-order valence-corrected chi connectivity index (χ2v) is 10.8. The first kappa shape index (κ1) is 31.9. The van der Waals surface area contributed by atoms with Gasteiger partial charge in [0.2, 0.25) is 0 Å². The number of benzene rings is 2. The molecule has 0 spiro atoms. The zero-order valence-electron chi connectivity index (χ0n) is 24.9. The summed E-state index contributed by atoms with van der Waals surface area (Å²) in [6.45, 7) is 4.22. The van der Waals surface area contributed by atoms with Crippen molar-refractivity contribution in [2.75, 3.05) is 13.1 Å². The average molecular weight is 560 g/mol. The molecule has 0 saturated heterocycles. The summed E-state index contributed by atoms with van der Waals surface area (Å²) in [7, 11) is 0. The minimum Gasteiger partial charge on any atom is -0.489 e. The Morgan fingerprint density at radius 1 is 0.976 bits per heavy atom. The third-order valence-electron chi connectivity index (χ3n) is 7.55. The van der Waals surface area contributed by atoms with Gasteiger partial charge in [0.1, 0.15) is 12.4 Å². The van der Waals surface area contributed by atoms with E-state index in [2.05, 4.69) is 40.7 Å². The SMILES string of the molecule is C/C=C/CCC(=N)CCCCCCCCCN1CCCc2ccccc2COc2ccccc2CN=C(N)NC1=O. The van der Waals surface area contributed by atoms with E-state index in [0.29, 0.717) is 26.2 Å². The van der Waals surface area contributed by atoms with Crippen LogP contribution in [-0.2, 0) is 19.6 Å². The lowest BCUT2D eigenvalue weighted by Gasteiger charge is -2.23. The van der Waals surface area contributed by atoms with Crippen LogP contribution < -0.4 is 15.8 Å². The number of nitrogens with two attached hydrogens (primary N) is 1. The number of para-hydroxylation sites is 1. The molecule has 0 aliphatic carbocycles. The van der Waals surface area contributed by atoms with Gasteiger partial charge in [-0.15, -0.1) is 0 Å². The van der Waals surface area contributed by atoms with Crippen molar-refractivity contribution in [1.29, 1.82) is 5.41 Å². The summed E-state index contributed by atoms with van der Waals surface area (Å²) < 4.78 is 6.18. The minimum atomic E-state index is -0.184. The van der Waals surface area contributed by atoms with Gasteiger partial charge < -0.3 is 20.8 Å². The van der Waals surface area contributed by atoms with Crippen molar-refractivity contribution < 1.29 is 9.53 Å². The molecule has 41 heavy (non-hydrogen) atoms. The average Bonchev–Trinajstić information content (AvgIpc) is 2.98. The molecule has 0 atom stereocenters. The van der Waals surface area contributed by atoms with Crippen LogP contribution in [0.2, 0.25) is 0 Å². The molecule has 7 heteroatoms. The van der Waals surface area contributed by atoms with Crippen LogP contribution in [0.1, 0.15) is 94.2 Å². The van der Waals surface area contributed by atoms with E-state index in [9.17, 15) is 4.79 Å². The first-order chi connectivity index (χ1) is 20.1. The van der Waals surface area contributed by atoms with Gasteiger partial charge in [0.25, 0.3) is 0 Å². The van der Waals surface area contributed by atoms with E-state index in [4.69, 9.17) is 15.9 Å². The van der Waals surface area contributed by atoms with Gasteiger partial charge in [-0.25, -0.2) is 9.79 Å². The quantitative estimate of drug-likeness (QED) is 0.134. The number of urea groups is 1. The zero-order valence-corrected chi connectivity index (χ0v) is 24.9. The number of allylic oxidation sites excluding steroid dienone is 2. The number of carbonyl (C=O) groups excluding carboxylic acids is 1. The number of guanidine groups is 1. The van der Waals surface area contributed by atoms with Gasteiger partial charge in [-0.3, -0.25) is 5.32 Å². The monoisotopic (exact) mass is 559 g/mol. The highest BCUT2D eigenvalue weighted by molar-refractivity contribution is 5.95. The number of nitrogens with zero attached hydrogens (tertiary/aromatic N) is 2. The van der Waals surface area contributed by atoms with Crippen LogP contribution in [0.5, 0.6) is 5.75 Å². The Kier molecular flexibility index (Phi) is 14.5. The van der Waals surface area contributed by atoms with Crippen molar-refractivity contribution >= 4 is 17.7 Å². The molecule has 0 aromatic heterocycles. The number of fused-ring (bicyclic) bond motifs is 2. The van der Waals surface area contributed by atoms with Crippen LogP contribution >= 0.6 is 0 Å². The molecule has 0 unspecified atom stereocenters. The summed E-state index contributed by atoms with van der Waals surface area (Å²) in [6.07, 6.45) is 16.7. The Morgan fingerprint density at radius 2 is 1.66 bits per heavy atom. The number of aliphatic imine (C=N–C) groups is 1. The molecule has 1 heterocycles. The first-order valence-electron chi connectivity index (χ1n) is 15.4.